The molecule has 2 fully saturated rings. The van der Waals surface area contributed by atoms with Crippen LogP contribution in [0.4, 0.5) is 11.4 Å². The Bertz CT molecular complexity index is 1310. The summed E-state index contributed by atoms with van der Waals surface area (Å²) < 4.78 is 22.5. The summed E-state index contributed by atoms with van der Waals surface area (Å²) in [5, 5.41) is 1.61. The number of rotatable bonds is 8. The fourth-order valence-electron chi connectivity index (χ4n) is 5.04. The predicted octanol–water partition coefficient (Wildman–Crippen LogP) is 4.16. The van der Waals surface area contributed by atoms with E-state index in [0.29, 0.717) is 46.5 Å². The number of carbonyl (C=O) groups excluding carboxylic acids is 2. The molecule has 192 valence electrons. The van der Waals surface area contributed by atoms with Gasteiger partial charge in [0, 0.05) is 5.56 Å². The van der Waals surface area contributed by atoms with Crippen LogP contribution in [0.15, 0.2) is 66.7 Å². The highest BCUT2D eigenvalue weighted by Crippen LogP contribution is 2.53. The van der Waals surface area contributed by atoms with Crippen molar-refractivity contribution in [2.75, 3.05) is 37.9 Å². The number of hydroxylamine groups is 1. The lowest BCUT2D eigenvalue weighted by molar-refractivity contribution is -0.126. The quantitative estimate of drug-likeness (QED) is 0.423. The molecule has 37 heavy (non-hydrogen) atoms. The Morgan fingerprint density at radius 3 is 2.16 bits per heavy atom. The highest BCUT2D eigenvalue weighted by molar-refractivity contribution is 6.24. The van der Waals surface area contributed by atoms with Crippen LogP contribution in [0, 0.1) is 5.92 Å². The van der Waals surface area contributed by atoms with Crippen molar-refractivity contribution in [1.29, 1.82) is 0 Å². The third-order valence-corrected chi connectivity index (χ3v) is 6.59. The van der Waals surface area contributed by atoms with E-state index in [1.165, 1.54) is 26.2 Å². The number of imide groups is 1. The number of nitrogens with zero attached hydrogens (tertiary/aromatic N) is 2. The predicted molar refractivity (Wildman–Crippen MR) is 136 cm³/mol. The van der Waals surface area contributed by atoms with Gasteiger partial charge in [-0.05, 0) is 43.3 Å². The van der Waals surface area contributed by atoms with E-state index in [1.807, 2.05) is 37.3 Å². The number of hydrogen-bond acceptors (Lipinski definition) is 8. The molecule has 0 bridgehead atoms. The van der Waals surface area contributed by atoms with Gasteiger partial charge in [-0.3, -0.25) is 14.4 Å². The maximum absolute atomic E-state index is 14.0. The standard InChI is InChI=1S/C28H28N2O7/c1-5-36-20-14-10-9-13-19(20)29-27(31)22-23(18-15-16-21(33-2)25(35-4)24(18)34-3)30(37-26(22)28(29)32)17-11-7-6-8-12-17/h6-16,22-23,26H,5H2,1-4H3. The lowest BCUT2D eigenvalue weighted by Crippen LogP contribution is -2.37. The molecule has 2 amide bonds. The van der Waals surface area contributed by atoms with Crippen molar-refractivity contribution in [3.63, 3.8) is 0 Å². The van der Waals surface area contributed by atoms with E-state index >= 15 is 0 Å². The summed E-state index contributed by atoms with van der Waals surface area (Å²) in [5.74, 6) is 0.0133. The van der Waals surface area contributed by atoms with E-state index in [9.17, 15) is 9.59 Å². The fourth-order valence-corrected chi connectivity index (χ4v) is 5.04. The number of benzene rings is 3. The highest BCUT2D eigenvalue weighted by atomic mass is 16.7. The SMILES string of the molecule is CCOc1ccccc1N1C(=O)C2ON(c3ccccc3)C(c3ccc(OC)c(OC)c3OC)C2C1=O. The van der Waals surface area contributed by atoms with Crippen LogP contribution in [0.3, 0.4) is 0 Å². The number of methoxy groups -OCH3 is 3. The van der Waals surface area contributed by atoms with E-state index < -0.39 is 24.0 Å². The van der Waals surface area contributed by atoms with E-state index in [4.69, 9.17) is 23.8 Å². The van der Waals surface area contributed by atoms with Crippen LogP contribution in [-0.4, -0.2) is 45.9 Å². The number of hydrogen-bond donors (Lipinski definition) is 0. The fraction of sp³-hybridized carbons (Fsp3) is 0.286. The maximum atomic E-state index is 14.0. The molecule has 0 radical (unpaired) electrons. The van der Waals surface area contributed by atoms with Crippen molar-refractivity contribution < 1.29 is 33.4 Å². The first-order chi connectivity index (χ1) is 18.0. The molecular formula is C28H28N2O7. The van der Waals surface area contributed by atoms with Crippen LogP contribution in [-0.2, 0) is 14.4 Å². The van der Waals surface area contributed by atoms with Crippen molar-refractivity contribution in [2.24, 2.45) is 5.92 Å². The lowest BCUT2D eigenvalue weighted by atomic mass is 9.89. The minimum atomic E-state index is -1.04. The Labute approximate surface area is 215 Å². The van der Waals surface area contributed by atoms with Gasteiger partial charge in [-0.25, -0.2) is 9.96 Å². The summed E-state index contributed by atoms with van der Waals surface area (Å²) in [6.07, 6.45) is -1.04. The van der Waals surface area contributed by atoms with Crippen molar-refractivity contribution in [1.82, 2.24) is 0 Å². The minimum absolute atomic E-state index is 0.384. The van der Waals surface area contributed by atoms with Crippen molar-refractivity contribution in [3.05, 3.63) is 72.3 Å². The second-order valence-corrected chi connectivity index (χ2v) is 8.49. The Kier molecular flexibility index (Phi) is 6.62. The first-order valence-electron chi connectivity index (χ1n) is 11.9. The van der Waals surface area contributed by atoms with Gasteiger partial charge in [0.1, 0.15) is 17.7 Å². The van der Waals surface area contributed by atoms with Crippen LogP contribution in [0.1, 0.15) is 18.5 Å². The lowest BCUT2D eigenvalue weighted by Gasteiger charge is -2.30. The third kappa shape index (κ3) is 3.92. The average molecular weight is 505 g/mol. The molecule has 2 saturated heterocycles. The zero-order valence-corrected chi connectivity index (χ0v) is 21.0. The smallest absolute Gasteiger partial charge is 0.266 e. The summed E-state index contributed by atoms with van der Waals surface area (Å²) in [6, 6.07) is 19.2. The monoisotopic (exact) mass is 504 g/mol. The zero-order valence-electron chi connectivity index (χ0n) is 21.0. The number of amides is 2. The Morgan fingerprint density at radius 1 is 0.784 bits per heavy atom. The summed E-state index contributed by atoms with van der Waals surface area (Å²) in [6.45, 7) is 2.24. The second-order valence-electron chi connectivity index (χ2n) is 8.49. The summed E-state index contributed by atoms with van der Waals surface area (Å²) in [7, 11) is 4.58. The maximum Gasteiger partial charge on any atom is 0.266 e. The number of carbonyl (C=O) groups is 2. The molecule has 3 aromatic rings. The molecule has 0 aromatic heterocycles. The second kappa shape index (κ2) is 10.0. The molecule has 5 rings (SSSR count). The highest BCUT2D eigenvalue weighted by Gasteiger charge is 2.61. The Morgan fingerprint density at radius 2 is 1.49 bits per heavy atom. The van der Waals surface area contributed by atoms with Gasteiger partial charge in [0.2, 0.25) is 11.7 Å². The molecule has 0 saturated carbocycles. The zero-order chi connectivity index (χ0) is 26.1. The summed E-state index contributed by atoms with van der Waals surface area (Å²) in [4.78, 5) is 35.2. The molecule has 3 unspecified atom stereocenters. The molecule has 2 heterocycles. The molecular weight excluding hydrogens is 476 g/mol. The van der Waals surface area contributed by atoms with E-state index in [-0.39, 0.29) is 5.91 Å². The number of anilines is 2. The van der Waals surface area contributed by atoms with Gasteiger partial charge in [0.15, 0.2) is 17.6 Å². The van der Waals surface area contributed by atoms with E-state index in [1.54, 1.807) is 41.5 Å². The molecule has 0 aliphatic carbocycles. The average Bonchev–Trinajstić information content (AvgIpc) is 3.44. The Balaban J connectivity index is 1.66. The van der Waals surface area contributed by atoms with Crippen LogP contribution in [0.25, 0.3) is 0 Å². The first-order valence-corrected chi connectivity index (χ1v) is 11.9. The van der Waals surface area contributed by atoms with Gasteiger partial charge in [-0.1, -0.05) is 30.3 Å². The van der Waals surface area contributed by atoms with Crippen molar-refractivity contribution in [3.8, 4) is 23.0 Å². The largest absolute Gasteiger partial charge is 0.493 e. The number of para-hydroxylation sites is 3. The van der Waals surface area contributed by atoms with Crippen LogP contribution in [0.2, 0.25) is 0 Å². The molecule has 2 aliphatic rings. The van der Waals surface area contributed by atoms with Crippen LogP contribution in [0.5, 0.6) is 23.0 Å². The Hall–Kier alpha value is -4.24. The number of ether oxygens (including phenoxy) is 4. The van der Waals surface area contributed by atoms with Crippen molar-refractivity contribution >= 4 is 23.2 Å². The normalized spacial score (nSPS) is 20.7. The minimum Gasteiger partial charge on any atom is -0.493 e. The van der Waals surface area contributed by atoms with Crippen LogP contribution < -0.4 is 28.9 Å². The van der Waals surface area contributed by atoms with E-state index in [0.717, 1.165) is 0 Å². The molecule has 3 aromatic carbocycles. The first kappa shape index (κ1) is 24.5. The van der Waals surface area contributed by atoms with Crippen molar-refractivity contribution in [2.45, 2.75) is 19.1 Å². The van der Waals surface area contributed by atoms with Gasteiger partial charge in [0.05, 0.1) is 39.3 Å². The van der Waals surface area contributed by atoms with Gasteiger partial charge >= 0.3 is 0 Å². The van der Waals surface area contributed by atoms with Gasteiger partial charge < -0.3 is 18.9 Å². The van der Waals surface area contributed by atoms with Crippen LogP contribution >= 0.6 is 0 Å². The summed E-state index contributed by atoms with van der Waals surface area (Å²) >= 11 is 0. The topological polar surface area (TPSA) is 86.8 Å². The molecule has 9 heteroatoms. The number of fused-ring (bicyclic) bond motifs is 1. The van der Waals surface area contributed by atoms with Gasteiger partial charge in [-0.15, -0.1) is 0 Å². The van der Waals surface area contributed by atoms with Gasteiger partial charge in [-0.2, -0.15) is 0 Å². The molecule has 2 aliphatic heterocycles. The molecule has 0 N–H and O–H groups in total. The molecule has 0 spiro atoms. The summed E-state index contributed by atoms with van der Waals surface area (Å²) in [5.41, 5.74) is 1.71. The van der Waals surface area contributed by atoms with E-state index in [2.05, 4.69) is 0 Å². The molecule has 9 nitrogen and oxygen atoms in total. The third-order valence-electron chi connectivity index (χ3n) is 6.59. The van der Waals surface area contributed by atoms with Gasteiger partial charge in [0.25, 0.3) is 5.91 Å². The molecule has 3 atom stereocenters.